The van der Waals surface area contributed by atoms with Crippen LogP contribution in [0.25, 0.3) is 0 Å². The maximum atomic E-state index is 5.29. The van der Waals surface area contributed by atoms with E-state index >= 15 is 0 Å². The maximum Gasteiger partial charge on any atom is 0.0693 e. The number of ether oxygens (including phenoxy) is 1. The zero-order valence-corrected chi connectivity index (χ0v) is 10.0. The van der Waals surface area contributed by atoms with Crippen LogP contribution >= 0.6 is 0 Å². The fourth-order valence-corrected chi connectivity index (χ4v) is 2.23. The molecule has 1 rings (SSSR count). The molecule has 1 aliphatic rings. The molecule has 0 spiro atoms. The van der Waals surface area contributed by atoms with Crippen molar-refractivity contribution in [2.24, 2.45) is 11.8 Å². The lowest BCUT2D eigenvalue weighted by Gasteiger charge is -2.23. The normalized spacial score (nSPS) is 31.7. The van der Waals surface area contributed by atoms with Gasteiger partial charge in [-0.3, -0.25) is 0 Å². The van der Waals surface area contributed by atoms with Crippen molar-refractivity contribution in [3.63, 3.8) is 0 Å². The smallest absolute Gasteiger partial charge is 0.0693 e. The molecule has 0 aliphatic heterocycles. The van der Waals surface area contributed by atoms with Crippen LogP contribution in [0.3, 0.4) is 0 Å². The van der Waals surface area contributed by atoms with Crippen molar-refractivity contribution in [3.8, 4) is 0 Å². The highest BCUT2D eigenvalue weighted by Crippen LogP contribution is 2.30. The lowest BCUT2D eigenvalue weighted by Crippen LogP contribution is -2.39. The summed E-state index contributed by atoms with van der Waals surface area (Å²) in [7, 11) is 1.78. The third-order valence-corrected chi connectivity index (χ3v) is 3.82. The summed E-state index contributed by atoms with van der Waals surface area (Å²) >= 11 is 0. The summed E-state index contributed by atoms with van der Waals surface area (Å²) in [5, 5.41) is 3.58. The number of hydrogen-bond acceptors (Lipinski definition) is 2. The summed E-state index contributed by atoms with van der Waals surface area (Å²) in [6, 6.07) is 0.466. The molecule has 1 fully saturated rings. The zero-order chi connectivity index (χ0) is 10.6. The summed E-state index contributed by atoms with van der Waals surface area (Å²) in [6.45, 7) is 7.86. The molecule has 0 bridgehead atoms. The molecule has 1 aliphatic carbocycles. The van der Waals surface area contributed by atoms with Gasteiger partial charge in [-0.2, -0.15) is 0 Å². The minimum Gasteiger partial charge on any atom is -0.380 e. The Morgan fingerprint density at radius 1 is 1.36 bits per heavy atom. The second-order valence-electron chi connectivity index (χ2n) is 4.81. The van der Waals surface area contributed by atoms with Crippen LogP contribution < -0.4 is 5.32 Å². The van der Waals surface area contributed by atoms with E-state index < -0.39 is 0 Å². The van der Waals surface area contributed by atoms with Crippen LogP contribution in [0.1, 0.15) is 40.0 Å². The van der Waals surface area contributed by atoms with Crippen molar-refractivity contribution >= 4 is 0 Å². The second-order valence-corrected chi connectivity index (χ2v) is 4.81. The van der Waals surface area contributed by atoms with Crippen LogP contribution in [0, 0.1) is 11.8 Å². The van der Waals surface area contributed by atoms with Gasteiger partial charge in [0.15, 0.2) is 0 Å². The monoisotopic (exact) mass is 199 g/mol. The summed E-state index contributed by atoms with van der Waals surface area (Å²) in [6.07, 6.45) is 4.55. The van der Waals surface area contributed by atoms with Gasteiger partial charge in [0.25, 0.3) is 0 Å². The van der Waals surface area contributed by atoms with E-state index in [1.165, 1.54) is 19.3 Å². The first-order chi connectivity index (χ1) is 6.65. The molecule has 84 valence electrons. The largest absolute Gasteiger partial charge is 0.380 e. The summed E-state index contributed by atoms with van der Waals surface area (Å²) in [5.74, 6) is 1.80. The average Bonchev–Trinajstić information content (AvgIpc) is 2.59. The van der Waals surface area contributed by atoms with Gasteiger partial charge < -0.3 is 10.1 Å². The lowest BCUT2D eigenvalue weighted by atomic mass is 9.98. The topological polar surface area (TPSA) is 21.3 Å². The van der Waals surface area contributed by atoms with Crippen molar-refractivity contribution in [2.45, 2.75) is 52.2 Å². The van der Waals surface area contributed by atoms with Gasteiger partial charge in [0.05, 0.1) is 6.10 Å². The highest BCUT2D eigenvalue weighted by Gasteiger charge is 2.23. The molecule has 2 nitrogen and oxygen atoms in total. The van der Waals surface area contributed by atoms with E-state index in [1.807, 2.05) is 0 Å². The zero-order valence-electron chi connectivity index (χ0n) is 10.0. The van der Waals surface area contributed by atoms with Crippen LogP contribution in [0.2, 0.25) is 0 Å². The van der Waals surface area contributed by atoms with Crippen LogP contribution in [-0.4, -0.2) is 25.8 Å². The highest BCUT2D eigenvalue weighted by molar-refractivity contribution is 4.78. The molecule has 0 aromatic carbocycles. The third-order valence-electron chi connectivity index (χ3n) is 3.82. The molecule has 4 atom stereocenters. The Morgan fingerprint density at radius 2 is 2.07 bits per heavy atom. The van der Waals surface area contributed by atoms with Gasteiger partial charge in [-0.15, -0.1) is 0 Å². The van der Waals surface area contributed by atoms with E-state index in [1.54, 1.807) is 7.11 Å². The first kappa shape index (κ1) is 12.0. The third kappa shape index (κ3) is 3.25. The Hall–Kier alpha value is -0.0800. The van der Waals surface area contributed by atoms with Crippen molar-refractivity contribution in [1.29, 1.82) is 0 Å². The first-order valence-corrected chi connectivity index (χ1v) is 5.91. The second kappa shape index (κ2) is 5.72. The van der Waals surface area contributed by atoms with Crippen molar-refractivity contribution in [1.82, 2.24) is 5.32 Å². The Bertz CT molecular complexity index is 160. The van der Waals surface area contributed by atoms with Gasteiger partial charge in [-0.25, -0.2) is 0 Å². The van der Waals surface area contributed by atoms with Crippen molar-refractivity contribution in [3.05, 3.63) is 0 Å². The van der Waals surface area contributed by atoms with Crippen LogP contribution in [0.4, 0.5) is 0 Å². The maximum absolute atomic E-state index is 5.29. The Kier molecular flexibility index (Phi) is 4.90. The molecular formula is C12H25NO. The standard InChI is InChI=1S/C12H25NO/c1-9-6-5-7-12(9)8-13-10(2)11(3)14-4/h9-13H,5-8H2,1-4H3. The molecule has 0 aromatic rings. The van der Waals surface area contributed by atoms with Crippen LogP contribution in [0.15, 0.2) is 0 Å². The predicted molar refractivity (Wildman–Crippen MR) is 60.4 cm³/mol. The van der Waals surface area contributed by atoms with E-state index in [9.17, 15) is 0 Å². The fourth-order valence-electron chi connectivity index (χ4n) is 2.23. The molecule has 0 amide bonds. The Morgan fingerprint density at radius 3 is 2.57 bits per heavy atom. The molecule has 1 saturated carbocycles. The van der Waals surface area contributed by atoms with E-state index in [-0.39, 0.29) is 0 Å². The van der Waals surface area contributed by atoms with E-state index in [0.29, 0.717) is 12.1 Å². The summed E-state index contributed by atoms with van der Waals surface area (Å²) in [5.41, 5.74) is 0. The van der Waals surface area contributed by atoms with Gasteiger partial charge in [-0.1, -0.05) is 19.8 Å². The van der Waals surface area contributed by atoms with Gasteiger partial charge in [0, 0.05) is 13.2 Å². The molecular weight excluding hydrogens is 174 g/mol. The molecule has 0 radical (unpaired) electrons. The quantitative estimate of drug-likeness (QED) is 0.734. The van der Waals surface area contributed by atoms with Gasteiger partial charge in [-0.05, 0) is 38.6 Å². The molecule has 14 heavy (non-hydrogen) atoms. The molecule has 0 heterocycles. The first-order valence-electron chi connectivity index (χ1n) is 5.91. The molecule has 0 saturated heterocycles. The van der Waals surface area contributed by atoms with E-state index in [4.69, 9.17) is 4.74 Å². The van der Waals surface area contributed by atoms with Crippen molar-refractivity contribution < 1.29 is 4.74 Å². The Labute approximate surface area is 88.4 Å². The van der Waals surface area contributed by atoms with Gasteiger partial charge in [0.2, 0.25) is 0 Å². The lowest BCUT2D eigenvalue weighted by molar-refractivity contribution is 0.0866. The van der Waals surface area contributed by atoms with Crippen LogP contribution in [-0.2, 0) is 4.74 Å². The SMILES string of the molecule is COC(C)C(C)NCC1CCCC1C. The summed E-state index contributed by atoms with van der Waals surface area (Å²) < 4.78 is 5.29. The number of nitrogens with one attached hydrogen (secondary N) is 1. The molecule has 0 aromatic heterocycles. The minimum atomic E-state index is 0.312. The van der Waals surface area contributed by atoms with Gasteiger partial charge >= 0.3 is 0 Å². The van der Waals surface area contributed by atoms with E-state index in [0.717, 1.165) is 18.4 Å². The number of rotatable bonds is 5. The number of methoxy groups -OCH3 is 1. The molecule has 4 unspecified atom stereocenters. The number of hydrogen-bond donors (Lipinski definition) is 1. The minimum absolute atomic E-state index is 0.312. The highest BCUT2D eigenvalue weighted by atomic mass is 16.5. The molecule has 2 heteroatoms. The summed E-state index contributed by atoms with van der Waals surface area (Å²) in [4.78, 5) is 0. The van der Waals surface area contributed by atoms with Crippen LogP contribution in [0.5, 0.6) is 0 Å². The molecule has 1 N–H and O–H groups in total. The van der Waals surface area contributed by atoms with E-state index in [2.05, 4.69) is 26.1 Å². The average molecular weight is 199 g/mol. The Balaban J connectivity index is 2.19. The van der Waals surface area contributed by atoms with Crippen molar-refractivity contribution in [2.75, 3.05) is 13.7 Å². The predicted octanol–water partition coefficient (Wildman–Crippen LogP) is 2.44. The van der Waals surface area contributed by atoms with Gasteiger partial charge in [0.1, 0.15) is 0 Å². The fraction of sp³-hybridized carbons (Fsp3) is 1.00.